The van der Waals surface area contributed by atoms with Crippen molar-refractivity contribution in [3.8, 4) is 0 Å². The Kier molecular flexibility index (Phi) is 2.75. The fourth-order valence-corrected chi connectivity index (χ4v) is 2.26. The second-order valence-corrected chi connectivity index (χ2v) is 4.20. The summed E-state index contributed by atoms with van der Waals surface area (Å²) in [4.78, 5) is 10.7. The molecule has 2 rings (SSSR count). The van der Waals surface area contributed by atoms with Gasteiger partial charge in [-0.25, -0.2) is 4.79 Å². The lowest BCUT2D eigenvalue weighted by molar-refractivity contribution is -0.134. The Balaban J connectivity index is 1.90. The molecule has 0 aromatic heterocycles. The van der Waals surface area contributed by atoms with Crippen LogP contribution in [0.4, 0.5) is 0 Å². The van der Waals surface area contributed by atoms with Gasteiger partial charge in [0.15, 0.2) is 0 Å². The van der Waals surface area contributed by atoms with Crippen molar-refractivity contribution in [1.29, 1.82) is 0 Å². The number of hydrogen-bond donors (Lipinski definition) is 1. The van der Waals surface area contributed by atoms with Gasteiger partial charge in [-0.3, -0.25) is 0 Å². The number of allylic oxidation sites excluding steroid dienone is 1. The third-order valence-corrected chi connectivity index (χ3v) is 3.18. The molecule has 0 bridgehead atoms. The molecule has 14 heavy (non-hydrogen) atoms. The average molecular weight is 196 g/mol. The molecule has 0 aromatic carbocycles. The van der Waals surface area contributed by atoms with Crippen molar-refractivity contribution in [2.75, 3.05) is 6.61 Å². The molecule has 1 aliphatic heterocycles. The maximum absolute atomic E-state index is 10.7. The molecule has 1 heterocycles. The molecule has 1 fully saturated rings. The highest BCUT2D eigenvalue weighted by molar-refractivity contribution is 5.88. The van der Waals surface area contributed by atoms with Gasteiger partial charge in [-0.15, -0.1) is 0 Å². The zero-order valence-corrected chi connectivity index (χ0v) is 8.29. The molecule has 1 N–H and O–H groups in total. The number of carboxylic acid groups (broad SMARTS) is 1. The van der Waals surface area contributed by atoms with E-state index in [2.05, 4.69) is 0 Å². The van der Waals surface area contributed by atoms with Crippen LogP contribution in [-0.2, 0) is 9.53 Å². The topological polar surface area (TPSA) is 46.5 Å². The van der Waals surface area contributed by atoms with Gasteiger partial charge in [-0.05, 0) is 5.92 Å². The Labute approximate surface area is 83.8 Å². The Morgan fingerprint density at radius 1 is 1.36 bits per heavy atom. The first-order valence-corrected chi connectivity index (χ1v) is 5.35. The summed E-state index contributed by atoms with van der Waals surface area (Å²) in [5, 5.41) is 8.80. The number of hydrogen-bond acceptors (Lipinski definition) is 2. The van der Waals surface area contributed by atoms with E-state index < -0.39 is 5.97 Å². The lowest BCUT2D eigenvalue weighted by Crippen LogP contribution is -2.23. The minimum atomic E-state index is -0.804. The Morgan fingerprint density at radius 2 is 2.07 bits per heavy atom. The Bertz CT molecular complexity index is 262. The third-order valence-electron chi connectivity index (χ3n) is 3.18. The van der Waals surface area contributed by atoms with Gasteiger partial charge in [0.05, 0.1) is 0 Å². The smallest absolute Gasteiger partial charge is 0.338 e. The summed E-state index contributed by atoms with van der Waals surface area (Å²) in [5.41, 5.74) is 0.496. The van der Waals surface area contributed by atoms with Crippen molar-refractivity contribution < 1.29 is 14.6 Å². The van der Waals surface area contributed by atoms with Crippen LogP contribution in [0.2, 0.25) is 0 Å². The Morgan fingerprint density at radius 3 is 2.57 bits per heavy atom. The number of aliphatic carboxylic acids is 1. The van der Waals surface area contributed by atoms with E-state index in [4.69, 9.17) is 9.84 Å². The number of rotatable bonds is 3. The predicted octanol–water partition coefficient (Wildman–Crippen LogP) is 2.33. The first-order chi connectivity index (χ1) is 6.77. The molecule has 3 nitrogen and oxygen atoms in total. The summed E-state index contributed by atoms with van der Waals surface area (Å²) in [6.45, 7) is 0.303. The van der Waals surface area contributed by atoms with Crippen LogP contribution in [0.3, 0.4) is 0 Å². The first-order valence-electron chi connectivity index (χ1n) is 5.35. The van der Waals surface area contributed by atoms with Gasteiger partial charge in [0, 0.05) is 6.42 Å². The predicted molar refractivity (Wildman–Crippen MR) is 51.8 cm³/mol. The maximum atomic E-state index is 10.7. The van der Waals surface area contributed by atoms with Crippen LogP contribution < -0.4 is 0 Å². The molecular weight excluding hydrogens is 180 g/mol. The summed E-state index contributed by atoms with van der Waals surface area (Å²) >= 11 is 0. The molecule has 1 aliphatic carbocycles. The van der Waals surface area contributed by atoms with E-state index in [1.54, 1.807) is 0 Å². The van der Waals surface area contributed by atoms with E-state index in [1.165, 1.54) is 32.1 Å². The third kappa shape index (κ3) is 1.91. The fraction of sp³-hybridized carbons (Fsp3) is 0.727. The molecule has 0 spiro atoms. The lowest BCUT2D eigenvalue weighted by Gasteiger charge is -2.28. The van der Waals surface area contributed by atoms with E-state index in [-0.39, 0.29) is 0 Å². The molecule has 1 saturated carbocycles. The van der Waals surface area contributed by atoms with Gasteiger partial charge in [0.2, 0.25) is 0 Å². The normalized spacial score (nSPS) is 22.9. The van der Waals surface area contributed by atoms with Crippen LogP contribution in [-0.4, -0.2) is 17.7 Å². The van der Waals surface area contributed by atoms with Gasteiger partial charge < -0.3 is 9.84 Å². The number of carboxylic acids is 1. The molecule has 0 atom stereocenters. The highest BCUT2D eigenvalue weighted by atomic mass is 16.5. The van der Waals surface area contributed by atoms with Gasteiger partial charge >= 0.3 is 5.97 Å². The SMILES string of the molecule is O=C(O)C1=C(CC2CCCCC2)OC1. The molecule has 0 aromatic rings. The molecule has 2 aliphatic rings. The van der Waals surface area contributed by atoms with E-state index in [9.17, 15) is 4.79 Å². The summed E-state index contributed by atoms with van der Waals surface area (Å²) in [5.74, 6) is 0.597. The highest BCUT2D eigenvalue weighted by Crippen LogP contribution is 2.33. The second-order valence-electron chi connectivity index (χ2n) is 4.20. The van der Waals surface area contributed by atoms with E-state index in [1.807, 2.05) is 0 Å². The first kappa shape index (κ1) is 9.56. The minimum Gasteiger partial charge on any atom is -0.492 e. The fourth-order valence-electron chi connectivity index (χ4n) is 2.26. The quantitative estimate of drug-likeness (QED) is 0.753. The van der Waals surface area contributed by atoms with E-state index >= 15 is 0 Å². The van der Waals surface area contributed by atoms with Crippen LogP contribution >= 0.6 is 0 Å². The van der Waals surface area contributed by atoms with Crippen molar-refractivity contribution in [3.05, 3.63) is 11.3 Å². The average Bonchev–Trinajstić information content (AvgIpc) is 2.13. The summed E-state index contributed by atoms with van der Waals surface area (Å²) < 4.78 is 5.21. The molecule has 0 radical (unpaired) electrons. The summed E-state index contributed by atoms with van der Waals surface area (Å²) in [7, 11) is 0. The highest BCUT2D eigenvalue weighted by Gasteiger charge is 2.27. The van der Waals surface area contributed by atoms with Crippen LogP contribution in [0.15, 0.2) is 11.3 Å². The van der Waals surface area contributed by atoms with Crippen molar-refractivity contribution >= 4 is 5.97 Å². The zero-order valence-electron chi connectivity index (χ0n) is 8.29. The molecular formula is C11H16O3. The molecule has 78 valence electrons. The van der Waals surface area contributed by atoms with Crippen LogP contribution in [0.25, 0.3) is 0 Å². The molecule has 0 saturated heterocycles. The van der Waals surface area contributed by atoms with E-state index in [0.29, 0.717) is 18.1 Å². The lowest BCUT2D eigenvalue weighted by atomic mass is 9.85. The summed E-state index contributed by atoms with van der Waals surface area (Å²) in [6, 6.07) is 0. The minimum absolute atomic E-state index is 0.303. The van der Waals surface area contributed by atoms with Crippen LogP contribution in [0, 0.1) is 5.92 Å². The van der Waals surface area contributed by atoms with Crippen molar-refractivity contribution in [3.63, 3.8) is 0 Å². The second kappa shape index (κ2) is 4.03. The largest absolute Gasteiger partial charge is 0.492 e. The van der Waals surface area contributed by atoms with Crippen LogP contribution in [0.1, 0.15) is 38.5 Å². The molecule has 0 amide bonds. The van der Waals surface area contributed by atoms with Crippen molar-refractivity contribution in [1.82, 2.24) is 0 Å². The molecule has 3 heteroatoms. The van der Waals surface area contributed by atoms with Crippen molar-refractivity contribution in [2.45, 2.75) is 38.5 Å². The van der Waals surface area contributed by atoms with Crippen molar-refractivity contribution in [2.24, 2.45) is 5.92 Å². The van der Waals surface area contributed by atoms with Gasteiger partial charge in [-0.2, -0.15) is 0 Å². The monoisotopic (exact) mass is 196 g/mol. The standard InChI is InChI=1S/C11H16O3/c12-11(13)9-7-14-10(9)6-8-4-2-1-3-5-8/h8H,1-7H2,(H,12,13). The number of ether oxygens (including phenoxy) is 1. The maximum Gasteiger partial charge on any atom is 0.338 e. The zero-order chi connectivity index (χ0) is 9.97. The van der Waals surface area contributed by atoms with Gasteiger partial charge in [0.25, 0.3) is 0 Å². The van der Waals surface area contributed by atoms with Gasteiger partial charge in [0.1, 0.15) is 17.9 Å². The summed E-state index contributed by atoms with van der Waals surface area (Å²) in [6.07, 6.45) is 7.24. The molecule has 0 unspecified atom stereocenters. The Hall–Kier alpha value is -0.990. The van der Waals surface area contributed by atoms with E-state index in [0.717, 1.165) is 12.2 Å². The number of carbonyl (C=O) groups is 1. The van der Waals surface area contributed by atoms with Crippen LogP contribution in [0.5, 0.6) is 0 Å². The van der Waals surface area contributed by atoms with Gasteiger partial charge in [-0.1, -0.05) is 32.1 Å².